The summed E-state index contributed by atoms with van der Waals surface area (Å²) < 4.78 is 27.8. The molecule has 0 rings (SSSR count). The summed E-state index contributed by atoms with van der Waals surface area (Å²) in [6, 6.07) is -1.31. The molecular weight excluding hydrogens is 350 g/mol. The van der Waals surface area contributed by atoms with Gasteiger partial charge >= 0.3 is 0 Å². The molecule has 0 saturated heterocycles. The number of carbonyl (C=O) groups is 3. The van der Waals surface area contributed by atoms with Crippen molar-refractivity contribution < 1.29 is 23.2 Å². The SMILES string of the molecule is CCNC(=O)[C@H](F)NC(=O)[C@@H](CS)NC(=O)[C@@](F)(CS)NCC. The van der Waals surface area contributed by atoms with E-state index in [2.05, 4.69) is 41.2 Å². The highest BCUT2D eigenvalue weighted by molar-refractivity contribution is 7.80. The fourth-order valence-corrected chi connectivity index (χ4v) is 2.02. The average Bonchev–Trinajstić information content (AvgIpc) is 2.52. The molecule has 0 bridgehead atoms. The van der Waals surface area contributed by atoms with Gasteiger partial charge < -0.3 is 16.0 Å². The number of thiol groups is 2. The number of amides is 3. The summed E-state index contributed by atoms with van der Waals surface area (Å²) >= 11 is 7.61. The lowest BCUT2D eigenvalue weighted by molar-refractivity contribution is -0.138. The van der Waals surface area contributed by atoms with Crippen molar-refractivity contribution in [3.05, 3.63) is 0 Å². The van der Waals surface area contributed by atoms with E-state index in [9.17, 15) is 23.2 Å². The first-order chi connectivity index (χ1) is 10.7. The minimum absolute atomic E-state index is 0.159. The average molecular weight is 372 g/mol. The van der Waals surface area contributed by atoms with Gasteiger partial charge in [0.05, 0.1) is 0 Å². The summed E-state index contributed by atoms with van der Waals surface area (Å²) in [6.07, 6.45) is -2.28. The van der Waals surface area contributed by atoms with E-state index < -0.39 is 41.6 Å². The maximum atomic E-state index is 14.3. The highest BCUT2D eigenvalue weighted by atomic mass is 32.1. The summed E-state index contributed by atoms with van der Waals surface area (Å²) in [5.74, 6) is -6.30. The van der Waals surface area contributed by atoms with E-state index in [-0.39, 0.29) is 18.8 Å². The zero-order chi connectivity index (χ0) is 18.0. The molecule has 0 aliphatic rings. The number of nitrogens with one attached hydrogen (secondary N) is 4. The van der Waals surface area contributed by atoms with Crippen molar-refractivity contribution in [1.82, 2.24) is 21.3 Å². The van der Waals surface area contributed by atoms with Crippen molar-refractivity contribution in [3.8, 4) is 0 Å². The lowest BCUT2D eigenvalue weighted by Gasteiger charge is -2.26. The monoisotopic (exact) mass is 372 g/mol. The number of halogens is 2. The van der Waals surface area contributed by atoms with Crippen LogP contribution in [0.1, 0.15) is 13.8 Å². The third-order valence-corrected chi connectivity index (χ3v) is 3.49. The Morgan fingerprint density at radius 2 is 1.70 bits per heavy atom. The standard InChI is InChI=1S/C12H22F2N4O3S2/c1-3-15-10(20)8(13)18-9(19)7(5-22)17-11(21)12(14,6-23)16-4-2/h7-8,16,22-23H,3-6H2,1-2H3,(H,15,20)(H,17,21)(H,18,19)/t7-,8-,12-/m1/s1. The Morgan fingerprint density at radius 1 is 1.09 bits per heavy atom. The van der Waals surface area contributed by atoms with Crippen molar-refractivity contribution >= 4 is 43.0 Å². The summed E-state index contributed by atoms with van der Waals surface area (Å²) in [4.78, 5) is 35.0. The summed E-state index contributed by atoms with van der Waals surface area (Å²) in [6.45, 7) is 3.53. The molecule has 0 unspecified atom stereocenters. The fourth-order valence-electron chi connectivity index (χ4n) is 1.51. The van der Waals surface area contributed by atoms with E-state index in [1.807, 2.05) is 0 Å². The zero-order valence-corrected chi connectivity index (χ0v) is 14.6. The quantitative estimate of drug-likeness (QED) is 0.222. The van der Waals surface area contributed by atoms with E-state index in [1.54, 1.807) is 19.2 Å². The Labute approximate surface area is 144 Å². The van der Waals surface area contributed by atoms with Crippen LogP contribution in [0, 0.1) is 0 Å². The minimum atomic E-state index is -2.48. The zero-order valence-electron chi connectivity index (χ0n) is 12.9. The topological polar surface area (TPSA) is 99.3 Å². The molecule has 0 heterocycles. The fraction of sp³-hybridized carbons (Fsp3) is 0.750. The van der Waals surface area contributed by atoms with Gasteiger partial charge in [-0.25, -0.2) is 8.78 Å². The number of likely N-dealkylation sites (N-methyl/N-ethyl adjacent to an activating group) is 2. The molecule has 0 radical (unpaired) electrons. The summed E-state index contributed by atoms with van der Waals surface area (Å²) in [7, 11) is 0. The molecule has 3 amide bonds. The Hall–Kier alpha value is -1.07. The Bertz CT molecular complexity index is 431. The summed E-state index contributed by atoms with van der Waals surface area (Å²) in [5, 5.41) is 8.37. The van der Waals surface area contributed by atoms with Crippen LogP contribution in [-0.4, -0.2) is 60.4 Å². The van der Waals surface area contributed by atoms with Crippen LogP contribution in [-0.2, 0) is 14.4 Å². The van der Waals surface area contributed by atoms with E-state index >= 15 is 0 Å². The molecule has 0 aromatic carbocycles. The van der Waals surface area contributed by atoms with Crippen molar-refractivity contribution in [1.29, 1.82) is 0 Å². The first-order valence-electron chi connectivity index (χ1n) is 6.94. The molecule has 0 aliphatic heterocycles. The maximum absolute atomic E-state index is 14.3. The third kappa shape index (κ3) is 6.92. The Morgan fingerprint density at radius 3 is 2.13 bits per heavy atom. The predicted molar refractivity (Wildman–Crippen MR) is 88.9 cm³/mol. The highest BCUT2D eigenvalue weighted by Crippen LogP contribution is 2.10. The van der Waals surface area contributed by atoms with Crippen LogP contribution in [0.3, 0.4) is 0 Å². The number of hydrogen-bond acceptors (Lipinski definition) is 6. The van der Waals surface area contributed by atoms with E-state index in [0.717, 1.165) is 0 Å². The molecule has 134 valence electrons. The van der Waals surface area contributed by atoms with Gasteiger partial charge in [-0.2, -0.15) is 25.3 Å². The van der Waals surface area contributed by atoms with Gasteiger partial charge in [0.15, 0.2) is 0 Å². The number of rotatable bonds is 10. The second-order valence-electron chi connectivity index (χ2n) is 4.46. The Kier molecular flexibility index (Phi) is 10.2. The second-order valence-corrected chi connectivity index (χ2v) is 5.15. The van der Waals surface area contributed by atoms with Crippen LogP contribution >= 0.6 is 25.3 Å². The molecule has 0 aromatic rings. The smallest absolute Gasteiger partial charge is 0.275 e. The third-order valence-electron chi connectivity index (χ3n) is 2.69. The number of carbonyl (C=O) groups excluding carboxylic acids is 3. The highest BCUT2D eigenvalue weighted by Gasteiger charge is 2.38. The molecule has 7 nitrogen and oxygen atoms in total. The van der Waals surface area contributed by atoms with Crippen molar-refractivity contribution in [2.24, 2.45) is 0 Å². The van der Waals surface area contributed by atoms with Crippen LogP contribution < -0.4 is 21.3 Å². The molecule has 0 spiro atoms. The van der Waals surface area contributed by atoms with Gasteiger partial charge in [-0.05, 0) is 13.5 Å². The molecule has 11 heteroatoms. The molecule has 0 fully saturated rings. The van der Waals surface area contributed by atoms with Crippen molar-refractivity contribution in [2.75, 3.05) is 24.6 Å². The van der Waals surface area contributed by atoms with Gasteiger partial charge in [0.2, 0.25) is 11.7 Å². The molecule has 0 saturated carbocycles. The molecule has 0 aliphatic carbocycles. The van der Waals surface area contributed by atoms with Gasteiger partial charge in [-0.1, -0.05) is 6.92 Å². The lowest BCUT2D eigenvalue weighted by Crippen LogP contribution is -2.60. The molecular formula is C12H22F2N4O3S2. The van der Waals surface area contributed by atoms with E-state index in [0.29, 0.717) is 0 Å². The molecule has 4 N–H and O–H groups in total. The second kappa shape index (κ2) is 10.7. The minimum Gasteiger partial charge on any atom is -0.352 e. The van der Waals surface area contributed by atoms with E-state index in [1.165, 1.54) is 0 Å². The van der Waals surface area contributed by atoms with E-state index in [4.69, 9.17) is 0 Å². The number of hydrogen-bond donors (Lipinski definition) is 6. The normalized spacial score (nSPS) is 15.9. The van der Waals surface area contributed by atoms with Crippen LogP contribution in [0.2, 0.25) is 0 Å². The van der Waals surface area contributed by atoms with Crippen LogP contribution in [0.15, 0.2) is 0 Å². The Balaban J connectivity index is 4.79. The molecule has 23 heavy (non-hydrogen) atoms. The molecule has 0 aromatic heterocycles. The lowest BCUT2D eigenvalue weighted by atomic mass is 10.2. The van der Waals surface area contributed by atoms with Crippen LogP contribution in [0.4, 0.5) is 8.78 Å². The van der Waals surface area contributed by atoms with Gasteiger partial charge in [0.1, 0.15) is 6.04 Å². The summed E-state index contributed by atoms with van der Waals surface area (Å²) in [5.41, 5.74) is 0. The largest absolute Gasteiger partial charge is 0.352 e. The van der Waals surface area contributed by atoms with Gasteiger partial charge in [0, 0.05) is 18.1 Å². The van der Waals surface area contributed by atoms with Gasteiger partial charge in [-0.3, -0.25) is 19.7 Å². The maximum Gasteiger partial charge on any atom is 0.275 e. The first-order valence-corrected chi connectivity index (χ1v) is 8.20. The predicted octanol–water partition coefficient (Wildman–Crippen LogP) is -0.846. The van der Waals surface area contributed by atoms with Crippen LogP contribution in [0.5, 0.6) is 0 Å². The number of alkyl halides is 2. The first kappa shape index (κ1) is 21.9. The molecule has 3 atom stereocenters. The van der Waals surface area contributed by atoms with Crippen LogP contribution in [0.25, 0.3) is 0 Å². The van der Waals surface area contributed by atoms with Crippen molar-refractivity contribution in [3.63, 3.8) is 0 Å². The van der Waals surface area contributed by atoms with Gasteiger partial charge in [0.25, 0.3) is 18.1 Å². The van der Waals surface area contributed by atoms with Crippen molar-refractivity contribution in [2.45, 2.75) is 32.0 Å². The van der Waals surface area contributed by atoms with Gasteiger partial charge in [-0.15, -0.1) is 0 Å².